The summed E-state index contributed by atoms with van der Waals surface area (Å²) >= 11 is 0. The minimum absolute atomic E-state index is 0.196. The van der Waals surface area contributed by atoms with Crippen LogP contribution in [0.5, 0.6) is 0 Å². The average molecular weight is 346 g/mol. The fraction of sp³-hybridized carbons (Fsp3) is 0.278. The van der Waals surface area contributed by atoms with Gasteiger partial charge in [0, 0.05) is 30.7 Å². The molecule has 130 valence electrons. The number of rotatable bonds is 3. The van der Waals surface area contributed by atoms with Gasteiger partial charge in [-0.25, -0.2) is 14.6 Å². The predicted molar refractivity (Wildman–Crippen MR) is 98.8 cm³/mol. The lowest BCUT2D eigenvalue weighted by Gasteiger charge is -2.16. The van der Waals surface area contributed by atoms with Crippen LogP contribution in [-0.2, 0) is 6.54 Å². The Kier molecular flexibility index (Phi) is 3.49. The van der Waals surface area contributed by atoms with Crippen LogP contribution in [0.2, 0.25) is 0 Å². The Morgan fingerprint density at radius 3 is 3.04 bits per heavy atom. The van der Waals surface area contributed by atoms with Gasteiger partial charge in [0.25, 0.3) is 0 Å². The predicted octanol–water partition coefficient (Wildman–Crippen LogP) is 1.36. The highest BCUT2D eigenvalue weighted by molar-refractivity contribution is 5.79. The first-order valence-corrected chi connectivity index (χ1v) is 8.67. The summed E-state index contributed by atoms with van der Waals surface area (Å²) in [4.78, 5) is 15.7. The summed E-state index contributed by atoms with van der Waals surface area (Å²) in [6, 6.07) is 10.4. The molecule has 2 N–H and O–H groups in total. The van der Waals surface area contributed by atoms with Crippen LogP contribution in [0.3, 0.4) is 0 Å². The molecule has 4 heterocycles. The Balaban J connectivity index is 1.49. The third-order valence-electron chi connectivity index (χ3n) is 4.76. The highest BCUT2D eigenvalue weighted by Gasteiger charge is 2.21. The molecule has 0 saturated carbocycles. The molecule has 0 radical (unpaired) electrons. The van der Waals surface area contributed by atoms with Crippen LogP contribution >= 0.6 is 0 Å². The van der Waals surface area contributed by atoms with Crippen molar-refractivity contribution in [3.05, 3.63) is 48.3 Å². The van der Waals surface area contributed by atoms with Crippen LogP contribution in [-0.4, -0.2) is 49.1 Å². The molecule has 1 atom stereocenters. The molecule has 0 aliphatic carbocycles. The summed E-state index contributed by atoms with van der Waals surface area (Å²) in [5.74, 6) is 0.830. The highest BCUT2D eigenvalue weighted by atomic mass is 15.5. The Labute approximate surface area is 149 Å². The highest BCUT2D eigenvalue weighted by Crippen LogP contribution is 2.20. The molecule has 0 unspecified atom stereocenters. The second-order valence-electron chi connectivity index (χ2n) is 6.65. The van der Waals surface area contributed by atoms with Gasteiger partial charge in [0.1, 0.15) is 5.82 Å². The number of pyridine rings is 1. The van der Waals surface area contributed by atoms with E-state index in [0.29, 0.717) is 17.8 Å². The maximum Gasteiger partial charge on any atom is 0.221 e. The van der Waals surface area contributed by atoms with Crippen molar-refractivity contribution in [1.82, 2.24) is 29.9 Å². The number of benzene rings is 1. The topological polar surface area (TPSA) is 98.6 Å². The molecule has 8 heteroatoms. The third kappa shape index (κ3) is 2.64. The monoisotopic (exact) mass is 346 g/mol. The number of nitrogens with zero attached hydrogens (tertiary/aromatic N) is 7. The van der Waals surface area contributed by atoms with Crippen LogP contribution in [0.25, 0.3) is 22.2 Å². The van der Waals surface area contributed by atoms with Crippen molar-refractivity contribution in [2.75, 3.05) is 18.0 Å². The van der Waals surface area contributed by atoms with Gasteiger partial charge in [-0.15, -0.1) is 5.10 Å². The Bertz CT molecular complexity index is 1090. The first-order chi connectivity index (χ1) is 12.8. The molecule has 0 amide bonds. The van der Waals surface area contributed by atoms with Crippen LogP contribution < -0.4 is 10.6 Å². The zero-order chi connectivity index (χ0) is 17.5. The van der Waals surface area contributed by atoms with E-state index in [-0.39, 0.29) is 6.04 Å². The molecule has 1 aromatic carbocycles. The quantitative estimate of drug-likeness (QED) is 0.598. The van der Waals surface area contributed by atoms with Crippen molar-refractivity contribution in [3.8, 4) is 0 Å². The van der Waals surface area contributed by atoms with E-state index < -0.39 is 0 Å². The fourth-order valence-electron chi connectivity index (χ4n) is 3.40. The second-order valence-corrected chi connectivity index (χ2v) is 6.65. The van der Waals surface area contributed by atoms with Crippen LogP contribution in [0.15, 0.2) is 42.7 Å². The molecule has 1 saturated heterocycles. The fourth-order valence-corrected chi connectivity index (χ4v) is 3.40. The molecule has 8 nitrogen and oxygen atoms in total. The van der Waals surface area contributed by atoms with Gasteiger partial charge < -0.3 is 10.6 Å². The van der Waals surface area contributed by atoms with E-state index in [1.54, 1.807) is 17.1 Å². The molecule has 5 rings (SSSR count). The number of nitrogens with two attached hydrogens (primary N) is 1. The minimum Gasteiger partial charge on any atom is -0.354 e. The van der Waals surface area contributed by atoms with Gasteiger partial charge >= 0.3 is 0 Å². The lowest BCUT2D eigenvalue weighted by molar-refractivity contribution is 0.664. The summed E-state index contributed by atoms with van der Waals surface area (Å²) in [5.41, 5.74) is 9.35. The van der Waals surface area contributed by atoms with Crippen molar-refractivity contribution < 1.29 is 0 Å². The zero-order valence-corrected chi connectivity index (χ0v) is 14.2. The van der Waals surface area contributed by atoms with Gasteiger partial charge in [0.2, 0.25) is 5.65 Å². The van der Waals surface area contributed by atoms with Gasteiger partial charge in [-0.3, -0.25) is 4.98 Å². The van der Waals surface area contributed by atoms with Crippen molar-refractivity contribution in [3.63, 3.8) is 0 Å². The molecular formula is C18H18N8. The zero-order valence-electron chi connectivity index (χ0n) is 14.2. The van der Waals surface area contributed by atoms with Crippen molar-refractivity contribution in [1.29, 1.82) is 0 Å². The van der Waals surface area contributed by atoms with E-state index in [0.717, 1.165) is 41.8 Å². The maximum atomic E-state index is 6.01. The van der Waals surface area contributed by atoms with Gasteiger partial charge in [-0.1, -0.05) is 17.3 Å². The molecule has 1 fully saturated rings. The van der Waals surface area contributed by atoms with Crippen LogP contribution in [0.4, 0.5) is 5.82 Å². The van der Waals surface area contributed by atoms with Crippen molar-refractivity contribution >= 4 is 28.0 Å². The average Bonchev–Trinajstić information content (AvgIpc) is 3.28. The summed E-state index contributed by atoms with van der Waals surface area (Å²) in [7, 11) is 0. The molecular weight excluding hydrogens is 328 g/mol. The number of hydrogen-bond donors (Lipinski definition) is 1. The minimum atomic E-state index is 0.196. The van der Waals surface area contributed by atoms with Gasteiger partial charge in [-0.05, 0) is 30.2 Å². The standard InChI is InChI=1S/C18H18N8/c19-14-5-7-25(11-14)16-9-21-17-18(22-16)26(24-23-17)10-12-3-4-15-13(8-12)2-1-6-20-15/h1-4,6,8-9,14H,5,7,10-11,19H2/t14-/m1/s1. The normalized spacial score (nSPS) is 17.4. The summed E-state index contributed by atoms with van der Waals surface area (Å²) in [6.07, 6.45) is 4.53. The molecule has 3 aromatic heterocycles. The molecule has 26 heavy (non-hydrogen) atoms. The van der Waals surface area contributed by atoms with E-state index in [9.17, 15) is 0 Å². The number of fused-ring (bicyclic) bond motifs is 2. The SMILES string of the molecule is N[C@@H]1CCN(c2cnc3nnn(Cc4ccc5ncccc5c4)c3n2)C1. The molecule has 0 bridgehead atoms. The van der Waals surface area contributed by atoms with Gasteiger partial charge in [0.15, 0.2) is 5.65 Å². The van der Waals surface area contributed by atoms with E-state index in [2.05, 4.69) is 43.4 Å². The van der Waals surface area contributed by atoms with E-state index >= 15 is 0 Å². The molecule has 4 aromatic rings. The Morgan fingerprint density at radius 1 is 1.19 bits per heavy atom. The first kappa shape index (κ1) is 15.2. The van der Waals surface area contributed by atoms with E-state index in [1.807, 2.05) is 12.1 Å². The Hall–Kier alpha value is -3.13. The van der Waals surface area contributed by atoms with Crippen molar-refractivity contribution in [2.24, 2.45) is 5.73 Å². The van der Waals surface area contributed by atoms with E-state index in [4.69, 9.17) is 10.7 Å². The molecule has 1 aliphatic rings. The third-order valence-corrected chi connectivity index (χ3v) is 4.76. The van der Waals surface area contributed by atoms with Crippen molar-refractivity contribution in [2.45, 2.75) is 19.0 Å². The lowest BCUT2D eigenvalue weighted by atomic mass is 10.1. The number of aromatic nitrogens is 6. The first-order valence-electron chi connectivity index (χ1n) is 8.67. The van der Waals surface area contributed by atoms with Gasteiger partial charge in [-0.2, -0.15) is 0 Å². The van der Waals surface area contributed by atoms with Gasteiger partial charge in [0.05, 0.1) is 18.3 Å². The number of anilines is 1. The van der Waals surface area contributed by atoms with Crippen LogP contribution in [0, 0.1) is 0 Å². The summed E-state index contributed by atoms with van der Waals surface area (Å²) in [5, 5.41) is 9.48. The smallest absolute Gasteiger partial charge is 0.221 e. The Morgan fingerprint density at radius 2 is 2.15 bits per heavy atom. The van der Waals surface area contributed by atoms with Crippen LogP contribution in [0.1, 0.15) is 12.0 Å². The summed E-state index contributed by atoms with van der Waals surface area (Å²) < 4.78 is 1.79. The molecule has 0 spiro atoms. The molecule has 1 aliphatic heterocycles. The van der Waals surface area contributed by atoms with E-state index in [1.165, 1.54) is 0 Å². The number of hydrogen-bond acceptors (Lipinski definition) is 7. The lowest BCUT2D eigenvalue weighted by Crippen LogP contribution is -2.27. The maximum absolute atomic E-state index is 6.01. The summed E-state index contributed by atoms with van der Waals surface area (Å²) in [6.45, 7) is 2.29. The largest absolute Gasteiger partial charge is 0.354 e. The second kappa shape index (κ2) is 5.99.